The molecule has 1 saturated carbocycles. The smallest absolute Gasteiger partial charge is 0.322 e. The number of amides is 2. The molecule has 0 spiro atoms. The van der Waals surface area contributed by atoms with Gasteiger partial charge in [0, 0.05) is 55.9 Å². The van der Waals surface area contributed by atoms with E-state index in [2.05, 4.69) is 25.5 Å². The maximum atomic E-state index is 13.4. The molecule has 37 heavy (non-hydrogen) atoms. The zero-order valence-electron chi connectivity index (χ0n) is 21.5. The van der Waals surface area contributed by atoms with E-state index in [0.717, 1.165) is 68.1 Å². The van der Waals surface area contributed by atoms with Crippen LogP contribution in [0.3, 0.4) is 0 Å². The van der Waals surface area contributed by atoms with Gasteiger partial charge in [-0.25, -0.2) is 14.8 Å². The average molecular weight is 505 g/mol. The number of nitrogens with one attached hydrogen (secondary N) is 2. The number of benzene rings is 1. The van der Waals surface area contributed by atoms with Crippen LogP contribution in [0.2, 0.25) is 0 Å². The number of ketones is 1. The second-order valence-corrected chi connectivity index (χ2v) is 10.8. The standard InChI is InChI=1S/C28H36N6O3/c1-37-20-6-7-23-18(14-20)8-13-34(28(36)32-23)19-9-11-33(12-10-19)26-15-25(30-17-31-26)27(35)22-16-29-24-5-3-2-4-21(22)24/h6-7,14-15,17,19,21-22,24,29H,2-5,8-13,16H2,1H3,(H,32,36). The van der Waals surface area contributed by atoms with Crippen molar-refractivity contribution in [3.8, 4) is 5.75 Å². The van der Waals surface area contributed by atoms with E-state index in [1.54, 1.807) is 7.11 Å². The Morgan fingerprint density at radius 1 is 1.05 bits per heavy atom. The Kier molecular flexibility index (Phi) is 6.71. The fourth-order valence-electron chi connectivity index (χ4n) is 6.77. The molecule has 3 fully saturated rings. The molecule has 4 aliphatic rings. The lowest BCUT2D eigenvalue weighted by Crippen LogP contribution is -2.49. The zero-order valence-corrected chi connectivity index (χ0v) is 21.5. The molecule has 9 heteroatoms. The van der Waals surface area contributed by atoms with Crippen LogP contribution in [0.4, 0.5) is 16.3 Å². The number of ether oxygens (including phenoxy) is 1. The normalized spacial score (nSPS) is 26.2. The first-order chi connectivity index (χ1) is 18.1. The second kappa shape index (κ2) is 10.3. The van der Waals surface area contributed by atoms with Gasteiger partial charge in [0.2, 0.25) is 0 Å². The number of anilines is 2. The molecule has 2 N–H and O–H groups in total. The minimum Gasteiger partial charge on any atom is -0.497 e. The van der Waals surface area contributed by atoms with Gasteiger partial charge in [-0.1, -0.05) is 12.8 Å². The van der Waals surface area contributed by atoms with Crippen molar-refractivity contribution in [1.29, 1.82) is 0 Å². The minimum absolute atomic E-state index is 0.0180. The first-order valence-corrected chi connectivity index (χ1v) is 13.7. The summed E-state index contributed by atoms with van der Waals surface area (Å²) in [6.45, 7) is 3.01. The number of carbonyl (C=O) groups excluding carboxylic acids is 2. The molecule has 3 unspecified atom stereocenters. The molecule has 0 radical (unpaired) electrons. The van der Waals surface area contributed by atoms with Crippen molar-refractivity contribution in [3.63, 3.8) is 0 Å². The number of piperidine rings is 1. The van der Waals surface area contributed by atoms with Gasteiger partial charge in [0.25, 0.3) is 0 Å². The van der Waals surface area contributed by atoms with Crippen LogP contribution in [0, 0.1) is 11.8 Å². The van der Waals surface area contributed by atoms with E-state index in [-0.39, 0.29) is 23.8 Å². The van der Waals surface area contributed by atoms with Crippen molar-refractivity contribution in [2.45, 2.75) is 57.0 Å². The van der Waals surface area contributed by atoms with Crippen LogP contribution < -0.4 is 20.3 Å². The molecule has 1 aromatic carbocycles. The topological polar surface area (TPSA) is 99.7 Å². The highest BCUT2D eigenvalue weighted by Gasteiger charge is 2.41. The number of aromatic nitrogens is 2. The first kappa shape index (κ1) is 24.2. The van der Waals surface area contributed by atoms with Gasteiger partial charge in [0.05, 0.1) is 7.11 Å². The van der Waals surface area contributed by atoms with Crippen LogP contribution in [0.15, 0.2) is 30.6 Å². The predicted octanol–water partition coefficient (Wildman–Crippen LogP) is 3.51. The van der Waals surface area contributed by atoms with Crippen molar-refractivity contribution in [2.75, 3.05) is 43.5 Å². The van der Waals surface area contributed by atoms with Crippen LogP contribution in [0.5, 0.6) is 5.75 Å². The number of urea groups is 1. The first-order valence-electron chi connectivity index (χ1n) is 13.7. The molecule has 196 valence electrons. The quantitative estimate of drug-likeness (QED) is 0.601. The monoisotopic (exact) mass is 504 g/mol. The molecular formula is C28H36N6O3. The number of methoxy groups -OCH3 is 1. The third-order valence-corrected chi connectivity index (χ3v) is 8.84. The number of hydrogen-bond donors (Lipinski definition) is 2. The SMILES string of the molecule is COc1ccc2c(c1)CCN(C1CCN(c3cc(C(=O)C4CNC5CCCCC54)ncn3)CC1)C(=O)N2. The van der Waals surface area contributed by atoms with E-state index in [1.807, 2.05) is 29.2 Å². The third-order valence-electron chi connectivity index (χ3n) is 8.84. The van der Waals surface area contributed by atoms with E-state index in [4.69, 9.17) is 4.74 Å². The number of carbonyl (C=O) groups is 2. The van der Waals surface area contributed by atoms with Crippen LogP contribution in [0.1, 0.15) is 54.6 Å². The minimum atomic E-state index is -0.0384. The van der Waals surface area contributed by atoms with Gasteiger partial charge in [-0.15, -0.1) is 0 Å². The molecule has 1 aliphatic carbocycles. The van der Waals surface area contributed by atoms with E-state index in [1.165, 1.54) is 25.6 Å². The van der Waals surface area contributed by atoms with Gasteiger partial charge in [0.1, 0.15) is 23.6 Å². The lowest BCUT2D eigenvalue weighted by atomic mass is 9.78. The van der Waals surface area contributed by atoms with Crippen molar-refractivity contribution in [1.82, 2.24) is 20.2 Å². The summed E-state index contributed by atoms with van der Waals surface area (Å²) in [5, 5.41) is 6.66. The Morgan fingerprint density at radius 3 is 2.73 bits per heavy atom. The Morgan fingerprint density at radius 2 is 1.89 bits per heavy atom. The van der Waals surface area contributed by atoms with Crippen molar-refractivity contribution >= 4 is 23.3 Å². The predicted molar refractivity (Wildman–Crippen MR) is 141 cm³/mol. The Labute approximate surface area is 218 Å². The summed E-state index contributed by atoms with van der Waals surface area (Å²) in [7, 11) is 1.66. The number of fused-ring (bicyclic) bond motifs is 2. The molecule has 3 atom stereocenters. The highest BCUT2D eigenvalue weighted by Crippen LogP contribution is 2.36. The van der Waals surface area contributed by atoms with E-state index in [9.17, 15) is 9.59 Å². The summed E-state index contributed by atoms with van der Waals surface area (Å²) < 4.78 is 5.35. The molecule has 0 bridgehead atoms. The highest BCUT2D eigenvalue weighted by molar-refractivity contribution is 5.97. The molecule has 4 heterocycles. The van der Waals surface area contributed by atoms with Crippen molar-refractivity contribution in [3.05, 3.63) is 41.9 Å². The summed E-state index contributed by atoms with van der Waals surface area (Å²) >= 11 is 0. The average Bonchev–Trinajstić information content (AvgIpc) is 3.30. The van der Waals surface area contributed by atoms with Gasteiger partial charge in [-0.2, -0.15) is 0 Å². The van der Waals surface area contributed by atoms with Gasteiger partial charge in [-0.05, 0) is 61.8 Å². The fourth-order valence-corrected chi connectivity index (χ4v) is 6.77. The Hall–Kier alpha value is -3.20. The Balaban J connectivity index is 1.09. The van der Waals surface area contributed by atoms with Crippen molar-refractivity contribution < 1.29 is 14.3 Å². The van der Waals surface area contributed by atoms with Gasteiger partial charge < -0.3 is 25.2 Å². The number of hydrogen-bond acceptors (Lipinski definition) is 7. The second-order valence-electron chi connectivity index (χ2n) is 10.8. The molecule has 1 aromatic heterocycles. The summed E-state index contributed by atoms with van der Waals surface area (Å²) in [6, 6.07) is 8.29. The molecule has 2 aromatic rings. The molecule has 6 rings (SSSR count). The molecular weight excluding hydrogens is 468 g/mol. The van der Waals surface area contributed by atoms with Crippen LogP contribution >= 0.6 is 0 Å². The van der Waals surface area contributed by atoms with Crippen LogP contribution in [-0.4, -0.2) is 72.1 Å². The Bertz CT molecular complexity index is 1160. The maximum Gasteiger partial charge on any atom is 0.322 e. The molecule has 3 aliphatic heterocycles. The molecule has 9 nitrogen and oxygen atoms in total. The maximum absolute atomic E-state index is 13.4. The van der Waals surface area contributed by atoms with Gasteiger partial charge in [0.15, 0.2) is 5.78 Å². The zero-order chi connectivity index (χ0) is 25.4. The molecule has 2 saturated heterocycles. The van der Waals surface area contributed by atoms with Gasteiger partial charge in [-0.3, -0.25) is 4.79 Å². The fraction of sp³-hybridized carbons (Fsp3) is 0.571. The number of nitrogens with zero attached hydrogens (tertiary/aromatic N) is 4. The third kappa shape index (κ3) is 4.77. The lowest BCUT2D eigenvalue weighted by Gasteiger charge is -2.38. The number of rotatable bonds is 5. The lowest BCUT2D eigenvalue weighted by molar-refractivity contribution is 0.0877. The van der Waals surface area contributed by atoms with E-state index >= 15 is 0 Å². The van der Waals surface area contributed by atoms with Gasteiger partial charge >= 0.3 is 6.03 Å². The summed E-state index contributed by atoms with van der Waals surface area (Å²) in [5.74, 6) is 2.22. The van der Waals surface area contributed by atoms with Crippen molar-refractivity contribution in [2.24, 2.45) is 11.8 Å². The van der Waals surface area contributed by atoms with Crippen LogP contribution in [-0.2, 0) is 6.42 Å². The van der Waals surface area contributed by atoms with E-state index in [0.29, 0.717) is 24.2 Å². The largest absolute Gasteiger partial charge is 0.497 e. The molecule has 2 amide bonds. The summed E-state index contributed by atoms with van der Waals surface area (Å²) in [4.78, 5) is 39.5. The van der Waals surface area contributed by atoms with E-state index < -0.39 is 0 Å². The highest BCUT2D eigenvalue weighted by atomic mass is 16.5. The summed E-state index contributed by atoms with van der Waals surface area (Å²) in [6.07, 6.45) is 8.81. The van der Waals surface area contributed by atoms with Crippen LogP contribution in [0.25, 0.3) is 0 Å². The summed E-state index contributed by atoms with van der Waals surface area (Å²) in [5.41, 5.74) is 2.49. The number of Topliss-reactive ketones (excluding diaryl/α,β-unsaturated/α-hetero) is 1.